The third kappa shape index (κ3) is 12.6. The second-order valence-electron chi connectivity index (χ2n) is 12.5. The summed E-state index contributed by atoms with van der Waals surface area (Å²) in [7, 11) is 0. The number of aromatic nitrogens is 2. The molecule has 0 fully saturated rings. The molecule has 2 aromatic carbocycles. The first-order valence-electron chi connectivity index (χ1n) is 17.4. The number of imidazole rings is 1. The van der Waals surface area contributed by atoms with E-state index in [2.05, 4.69) is 96.8 Å². The fourth-order valence-electron chi connectivity index (χ4n) is 6.28. The van der Waals surface area contributed by atoms with Crippen molar-refractivity contribution in [3.8, 4) is 0 Å². The molecule has 3 rings (SSSR count). The Morgan fingerprint density at radius 3 is 1.71 bits per heavy atom. The van der Waals surface area contributed by atoms with Gasteiger partial charge in [-0.2, -0.15) is 0 Å². The molecule has 0 amide bonds. The molecule has 3 aromatic rings. The molecule has 0 spiro atoms. The highest BCUT2D eigenvalue weighted by molar-refractivity contribution is 5.21. The number of unbranched alkanes of at least 4 members (excludes halogenated alkanes) is 14. The lowest BCUT2D eigenvalue weighted by Gasteiger charge is -2.12. The van der Waals surface area contributed by atoms with E-state index < -0.39 is 0 Å². The van der Waals surface area contributed by atoms with Gasteiger partial charge >= 0.3 is 0 Å². The molecular weight excluding hydrogens is 496 g/mol. The minimum atomic E-state index is 0.518. The second-order valence-corrected chi connectivity index (χ2v) is 12.5. The molecular formula is C39H61N2+. The van der Waals surface area contributed by atoms with E-state index in [0.717, 1.165) is 25.9 Å². The third-order valence-electron chi connectivity index (χ3n) is 8.87. The summed E-state index contributed by atoms with van der Waals surface area (Å²) in [5, 5.41) is 0. The predicted octanol–water partition coefficient (Wildman–Crippen LogP) is 11.0. The molecule has 1 heterocycles. The van der Waals surface area contributed by atoms with Crippen molar-refractivity contribution in [2.24, 2.45) is 0 Å². The summed E-state index contributed by atoms with van der Waals surface area (Å²) >= 11 is 0. The molecule has 0 aliphatic carbocycles. The zero-order valence-electron chi connectivity index (χ0n) is 27.0. The van der Waals surface area contributed by atoms with E-state index in [-0.39, 0.29) is 0 Å². The van der Waals surface area contributed by atoms with Gasteiger partial charge in [0.25, 0.3) is 5.82 Å². The first kappa shape index (κ1) is 33.2. The maximum absolute atomic E-state index is 2.73. The average molecular weight is 558 g/mol. The van der Waals surface area contributed by atoms with Gasteiger partial charge in [0, 0.05) is 6.42 Å². The van der Waals surface area contributed by atoms with Crippen LogP contribution in [0.2, 0.25) is 0 Å². The molecule has 226 valence electrons. The van der Waals surface area contributed by atoms with Crippen molar-refractivity contribution in [2.45, 2.75) is 155 Å². The number of aryl methyl sites for hydroxylation is 1. The van der Waals surface area contributed by atoms with Gasteiger partial charge in [-0.05, 0) is 42.7 Å². The smallest absolute Gasteiger partial charge is 0.234 e. The minimum Gasteiger partial charge on any atom is -0.234 e. The maximum Gasteiger partial charge on any atom is 0.261 e. The van der Waals surface area contributed by atoms with Crippen molar-refractivity contribution in [2.75, 3.05) is 0 Å². The molecule has 0 N–H and O–H groups in total. The van der Waals surface area contributed by atoms with Gasteiger partial charge in [-0.15, -0.1) is 0 Å². The van der Waals surface area contributed by atoms with Crippen LogP contribution in [0.5, 0.6) is 0 Å². The SMILES string of the molecule is CCCCCCCCCCn1cc(CC(C)c2ccccc2)[n+](CCCCCCCCCC)c1Cc1ccccc1. The minimum absolute atomic E-state index is 0.518. The van der Waals surface area contributed by atoms with E-state index in [1.807, 2.05) is 0 Å². The van der Waals surface area contributed by atoms with Crippen molar-refractivity contribution in [1.29, 1.82) is 0 Å². The average Bonchev–Trinajstić information content (AvgIpc) is 3.31. The van der Waals surface area contributed by atoms with Crippen LogP contribution in [0.15, 0.2) is 66.9 Å². The van der Waals surface area contributed by atoms with Crippen LogP contribution in [0.3, 0.4) is 0 Å². The normalized spacial score (nSPS) is 12.2. The van der Waals surface area contributed by atoms with Crippen molar-refractivity contribution >= 4 is 0 Å². The van der Waals surface area contributed by atoms with Crippen LogP contribution >= 0.6 is 0 Å². The number of benzene rings is 2. The van der Waals surface area contributed by atoms with Crippen molar-refractivity contribution < 1.29 is 4.57 Å². The molecule has 1 atom stereocenters. The Kier molecular flexibility index (Phi) is 16.6. The lowest BCUT2D eigenvalue weighted by molar-refractivity contribution is -0.710. The Morgan fingerprint density at radius 1 is 0.610 bits per heavy atom. The number of nitrogens with zero attached hydrogens (tertiary/aromatic N) is 2. The van der Waals surface area contributed by atoms with Crippen LogP contribution < -0.4 is 4.57 Å². The summed E-state index contributed by atoms with van der Waals surface area (Å²) in [6.07, 6.45) is 26.6. The lowest BCUT2D eigenvalue weighted by Crippen LogP contribution is -2.41. The molecule has 2 nitrogen and oxygen atoms in total. The largest absolute Gasteiger partial charge is 0.261 e. The van der Waals surface area contributed by atoms with E-state index >= 15 is 0 Å². The Bertz CT molecular complexity index is 1040. The Hall–Kier alpha value is -2.35. The summed E-state index contributed by atoms with van der Waals surface area (Å²) in [5.41, 5.74) is 4.40. The number of rotatable bonds is 23. The molecule has 0 saturated carbocycles. The number of hydrogen-bond donors (Lipinski definition) is 0. The van der Waals surface area contributed by atoms with Crippen molar-refractivity contribution in [3.63, 3.8) is 0 Å². The van der Waals surface area contributed by atoms with Crippen LogP contribution in [0.25, 0.3) is 0 Å². The summed E-state index contributed by atoms with van der Waals surface area (Å²) in [4.78, 5) is 0. The van der Waals surface area contributed by atoms with Crippen LogP contribution in [0, 0.1) is 0 Å². The summed E-state index contributed by atoms with van der Waals surface area (Å²) in [6.45, 7) is 9.32. The Labute approximate surface area is 253 Å². The summed E-state index contributed by atoms with van der Waals surface area (Å²) in [5.74, 6) is 2.03. The molecule has 1 unspecified atom stereocenters. The second kappa shape index (κ2) is 20.5. The molecule has 0 radical (unpaired) electrons. The van der Waals surface area contributed by atoms with Gasteiger partial charge in [-0.25, -0.2) is 9.13 Å². The Balaban J connectivity index is 1.73. The highest BCUT2D eigenvalue weighted by atomic mass is 15.2. The van der Waals surface area contributed by atoms with E-state index in [1.54, 1.807) is 0 Å². The van der Waals surface area contributed by atoms with Gasteiger partial charge in [-0.3, -0.25) is 0 Å². The van der Waals surface area contributed by atoms with Gasteiger partial charge in [0.15, 0.2) is 0 Å². The molecule has 0 aliphatic rings. The highest BCUT2D eigenvalue weighted by Gasteiger charge is 2.25. The molecule has 0 aliphatic heterocycles. The van der Waals surface area contributed by atoms with Gasteiger partial charge in [0.05, 0.1) is 19.5 Å². The first-order chi connectivity index (χ1) is 20.2. The van der Waals surface area contributed by atoms with E-state index in [1.165, 1.54) is 125 Å². The lowest BCUT2D eigenvalue weighted by atomic mass is 9.96. The molecule has 0 bridgehead atoms. The molecule has 1 aromatic heterocycles. The third-order valence-corrected chi connectivity index (χ3v) is 8.87. The van der Waals surface area contributed by atoms with E-state index in [0.29, 0.717) is 5.92 Å². The topological polar surface area (TPSA) is 8.81 Å². The van der Waals surface area contributed by atoms with Crippen molar-refractivity contribution in [3.05, 3.63) is 89.5 Å². The van der Waals surface area contributed by atoms with Gasteiger partial charge in [0.2, 0.25) is 0 Å². The van der Waals surface area contributed by atoms with Crippen LogP contribution in [0.1, 0.15) is 152 Å². The highest BCUT2D eigenvalue weighted by Crippen LogP contribution is 2.21. The Morgan fingerprint density at radius 2 is 1.12 bits per heavy atom. The first-order valence-corrected chi connectivity index (χ1v) is 17.4. The van der Waals surface area contributed by atoms with Gasteiger partial charge in [0.1, 0.15) is 11.9 Å². The van der Waals surface area contributed by atoms with Gasteiger partial charge < -0.3 is 0 Å². The van der Waals surface area contributed by atoms with Crippen LogP contribution in [-0.4, -0.2) is 4.57 Å². The predicted molar refractivity (Wildman–Crippen MR) is 178 cm³/mol. The molecule has 2 heteroatoms. The number of hydrogen-bond acceptors (Lipinski definition) is 0. The van der Waals surface area contributed by atoms with E-state index in [9.17, 15) is 0 Å². The standard InChI is InChI=1S/C39H61N2/c1-4-6-8-10-12-14-16-24-30-40-34-38(32-35(3)37-28-22-19-23-29-37)41(31-25-17-15-13-11-9-7-5-2)39(40)33-36-26-20-18-21-27-36/h18-23,26-29,34-35H,4-17,24-25,30-33H2,1-3H3/q+1. The van der Waals surface area contributed by atoms with Crippen LogP contribution in [0.4, 0.5) is 0 Å². The van der Waals surface area contributed by atoms with Crippen molar-refractivity contribution in [1.82, 2.24) is 4.57 Å². The summed E-state index contributed by atoms with van der Waals surface area (Å²) in [6, 6.07) is 22.3. The van der Waals surface area contributed by atoms with Gasteiger partial charge in [-0.1, -0.05) is 158 Å². The zero-order chi connectivity index (χ0) is 29.0. The quantitative estimate of drug-likeness (QED) is 0.0810. The fourth-order valence-corrected chi connectivity index (χ4v) is 6.28. The zero-order valence-corrected chi connectivity index (χ0v) is 27.0. The van der Waals surface area contributed by atoms with E-state index in [4.69, 9.17) is 0 Å². The fraction of sp³-hybridized carbons (Fsp3) is 0.615. The van der Waals surface area contributed by atoms with Crippen LogP contribution in [-0.2, 0) is 25.9 Å². The monoisotopic (exact) mass is 557 g/mol. The molecule has 41 heavy (non-hydrogen) atoms. The maximum atomic E-state index is 2.73. The summed E-state index contributed by atoms with van der Waals surface area (Å²) < 4.78 is 5.37. The molecule has 0 saturated heterocycles.